The van der Waals surface area contributed by atoms with Gasteiger partial charge in [-0.3, -0.25) is 4.90 Å². The maximum absolute atomic E-state index is 5.84. The number of benzene rings is 1. The molecule has 0 atom stereocenters. The Morgan fingerprint density at radius 1 is 1.32 bits per heavy atom. The van der Waals surface area contributed by atoms with Crippen molar-refractivity contribution in [2.45, 2.75) is 6.92 Å². The van der Waals surface area contributed by atoms with Crippen LogP contribution >= 0.6 is 11.6 Å². The molecule has 1 saturated heterocycles. The highest BCUT2D eigenvalue weighted by molar-refractivity contribution is 6.30. The molecule has 1 heterocycles. The predicted octanol–water partition coefficient (Wildman–Crippen LogP) is 2.41. The highest BCUT2D eigenvalue weighted by atomic mass is 35.5. The van der Waals surface area contributed by atoms with E-state index in [9.17, 15) is 0 Å². The molecule has 1 aromatic carbocycles. The van der Waals surface area contributed by atoms with E-state index in [2.05, 4.69) is 10.1 Å². The number of ether oxygens (including phenoxy) is 1. The summed E-state index contributed by atoms with van der Waals surface area (Å²) >= 11 is 5.84. The standard InChI is InChI=1S/C14H19ClN2O2/c1-12(13-2-4-14(15)5-3-13)16-19-11-8-17-6-9-18-10-7-17/h2-5H,6-11H2,1H3/b16-12-. The predicted molar refractivity (Wildman–Crippen MR) is 76.9 cm³/mol. The highest BCUT2D eigenvalue weighted by Crippen LogP contribution is 2.10. The summed E-state index contributed by atoms with van der Waals surface area (Å²) in [5.74, 6) is 0. The molecule has 0 aliphatic carbocycles. The molecule has 1 aromatic rings. The Kier molecular flexibility index (Phi) is 5.63. The van der Waals surface area contributed by atoms with E-state index >= 15 is 0 Å². The second-order valence-corrected chi connectivity index (χ2v) is 4.91. The molecule has 0 aromatic heterocycles. The van der Waals surface area contributed by atoms with Gasteiger partial charge in [0.15, 0.2) is 0 Å². The molecule has 0 spiro atoms. The van der Waals surface area contributed by atoms with Gasteiger partial charge >= 0.3 is 0 Å². The van der Waals surface area contributed by atoms with E-state index in [0.29, 0.717) is 6.61 Å². The monoisotopic (exact) mass is 282 g/mol. The minimum Gasteiger partial charge on any atom is -0.394 e. The molecule has 104 valence electrons. The van der Waals surface area contributed by atoms with E-state index in [1.165, 1.54) is 0 Å². The zero-order valence-corrected chi connectivity index (χ0v) is 11.9. The molecular weight excluding hydrogens is 264 g/mol. The molecule has 1 fully saturated rings. The smallest absolute Gasteiger partial charge is 0.129 e. The fraction of sp³-hybridized carbons (Fsp3) is 0.500. The van der Waals surface area contributed by atoms with Crippen molar-refractivity contribution in [2.24, 2.45) is 5.16 Å². The van der Waals surface area contributed by atoms with E-state index in [1.54, 1.807) is 0 Å². The average Bonchev–Trinajstić information content (AvgIpc) is 2.45. The summed E-state index contributed by atoms with van der Waals surface area (Å²) in [6.45, 7) is 7.00. The summed E-state index contributed by atoms with van der Waals surface area (Å²) in [7, 11) is 0. The molecule has 0 N–H and O–H groups in total. The summed E-state index contributed by atoms with van der Waals surface area (Å²) in [5, 5.41) is 4.85. The summed E-state index contributed by atoms with van der Waals surface area (Å²) in [4.78, 5) is 7.67. The van der Waals surface area contributed by atoms with Crippen LogP contribution in [0.4, 0.5) is 0 Å². The normalized spacial score (nSPS) is 17.5. The Morgan fingerprint density at radius 2 is 2.00 bits per heavy atom. The van der Waals surface area contributed by atoms with E-state index < -0.39 is 0 Å². The number of morpholine rings is 1. The van der Waals surface area contributed by atoms with Crippen LogP contribution in [0.25, 0.3) is 0 Å². The fourth-order valence-corrected chi connectivity index (χ4v) is 2.01. The Bertz CT molecular complexity index is 414. The van der Waals surface area contributed by atoms with E-state index in [-0.39, 0.29) is 0 Å². The van der Waals surface area contributed by atoms with Crippen LogP contribution in [0.2, 0.25) is 5.02 Å². The first kappa shape index (κ1) is 14.3. The van der Waals surface area contributed by atoms with Crippen molar-refractivity contribution in [3.05, 3.63) is 34.9 Å². The van der Waals surface area contributed by atoms with Crippen LogP contribution in [0, 0.1) is 0 Å². The molecule has 1 aliphatic rings. The summed E-state index contributed by atoms with van der Waals surface area (Å²) < 4.78 is 5.29. The maximum Gasteiger partial charge on any atom is 0.129 e. The average molecular weight is 283 g/mol. The summed E-state index contributed by atoms with van der Waals surface area (Å²) in [6, 6.07) is 7.58. The molecule has 0 bridgehead atoms. The van der Waals surface area contributed by atoms with Crippen LogP contribution in [-0.4, -0.2) is 50.1 Å². The third-order valence-corrected chi connectivity index (χ3v) is 3.32. The third kappa shape index (κ3) is 4.82. The number of oxime groups is 1. The van der Waals surface area contributed by atoms with E-state index in [0.717, 1.165) is 49.1 Å². The lowest BCUT2D eigenvalue weighted by Crippen LogP contribution is -2.38. The Morgan fingerprint density at radius 3 is 2.68 bits per heavy atom. The molecule has 2 rings (SSSR count). The van der Waals surface area contributed by atoms with Crippen LogP contribution in [-0.2, 0) is 9.57 Å². The minimum absolute atomic E-state index is 0.602. The van der Waals surface area contributed by atoms with Gasteiger partial charge in [-0.15, -0.1) is 0 Å². The first-order valence-electron chi connectivity index (χ1n) is 6.48. The van der Waals surface area contributed by atoms with E-state index in [4.69, 9.17) is 21.2 Å². The van der Waals surface area contributed by atoms with Crippen LogP contribution in [0.5, 0.6) is 0 Å². The van der Waals surface area contributed by atoms with Crippen molar-refractivity contribution >= 4 is 17.3 Å². The molecule has 4 nitrogen and oxygen atoms in total. The molecule has 0 saturated carbocycles. The highest BCUT2D eigenvalue weighted by Gasteiger charge is 2.09. The number of rotatable bonds is 5. The van der Waals surface area contributed by atoms with Crippen LogP contribution in [0.3, 0.4) is 0 Å². The van der Waals surface area contributed by atoms with Crippen molar-refractivity contribution < 1.29 is 9.57 Å². The van der Waals surface area contributed by atoms with Crippen LogP contribution in [0.15, 0.2) is 29.4 Å². The maximum atomic E-state index is 5.84. The van der Waals surface area contributed by atoms with Gasteiger partial charge in [0.2, 0.25) is 0 Å². The van der Waals surface area contributed by atoms with Crippen molar-refractivity contribution in [3.8, 4) is 0 Å². The van der Waals surface area contributed by atoms with Gasteiger partial charge in [0, 0.05) is 24.7 Å². The van der Waals surface area contributed by atoms with Crippen molar-refractivity contribution in [2.75, 3.05) is 39.5 Å². The molecular formula is C14H19ClN2O2. The van der Waals surface area contributed by atoms with Gasteiger partial charge < -0.3 is 9.57 Å². The lowest BCUT2D eigenvalue weighted by atomic mass is 10.1. The second-order valence-electron chi connectivity index (χ2n) is 4.47. The van der Waals surface area contributed by atoms with Crippen LogP contribution in [0.1, 0.15) is 12.5 Å². The zero-order chi connectivity index (χ0) is 13.5. The quantitative estimate of drug-likeness (QED) is 0.472. The zero-order valence-electron chi connectivity index (χ0n) is 11.1. The largest absolute Gasteiger partial charge is 0.394 e. The van der Waals surface area contributed by atoms with Gasteiger partial charge in [0.1, 0.15) is 6.61 Å². The SMILES string of the molecule is C/C(=N/OCCN1CCOCC1)c1ccc(Cl)cc1. The first-order valence-corrected chi connectivity index (χ1v) is 6.86. The number of hydrogen-bond donors (Lipinski definition) is 0. The first-order chi connectivity index (χ1) is 9.25. The van der Waals surface area contributed by atoms with Gasteiger partial charge in [-0.25, -0.2) is 0 Å². The molecule has 0 radical (unpaired) electrons. The fourth-order valence-electron chi connectivity index (χ4n) is 1.88. The molecule has 19 heavy (non-hydrogen) atoms. The van der Waals surface area contributed by atoms with Gasteiger partial charge in [0.25, 0.3) is 0 Å². The Hall–Kier alpha value is -1.10. The topological polar surface area (TPSA) is 34.1 Å². The van der Waals surface area contributed by atoms with Crippen LogP contribution < -0.4 is 0 Å². The van der Waals surface area contributed by atoms with Crippen molar-refractivity contribution in [1.82, 2.24) is 4.90 Å². The second kappa shape index (κ2) is 7.48. The number of hydrogen-bond acceptors (Lipinski definition) is 4. The lowest BCUT2D eigenvalue weighted by molar-refractivity contribution is 0.0212. The lowest BCUT2D eigenvalue weighted by Gasteiger charge is -2.25. The van der Waals surface area contributed by atoms with Gasteiger partial charge in [0.05, 0.1) is 18.9 Å². The minimum atomic E-state index is 0.602. The summed E-state index contributed by atoms with van der Waals surface area (Å²) in [5.41, 5.74) is 1.88. The molecule has 0 amide bonds. The van der Waals surface area contributed by atoms with Gasteiger partial charge in [-0.2, -0.15) is 0 Å². The third-order valence-electron chi connectivity index (χ3n) is 3.07. The van der Waals surface area contributed by atoms with Crippen molar-refractivity contribution in [1.29, 1.82) is 0 Å². The number of nitrogens with zero attached hydrogens (tertiary/aromatic N) is 2. The Balaban J connectivity index is 1.73. The van der Waals surface area contributed by atoms with Gasteiger partial charge in [-0.1, -0.05) is 28.9 Å². The van der Waals surface area contributed by atoms with Gasteiger partial charge in [-0.05, 0) is 24.6 Å². The molecule has 5 heteroatoms. The number of halogens is 1. The van der Waals surface area contributed by atoms with Crippen molar-refractivity contribution in [3.63, 3.8) is 0 Å². The molecule has 0 unspecified atom stereocenters. The Labute approximate surface area is 118 Å². The summed E-state index contributed by atoms with van der Waals surface area (Å²) in [6.07, 6.45) is 0. The van der Waals surface area contributed by atoms with E-state index in [1.807, 2.05) is 31.2 Å². The molecule has 1 aliphatic heterocycles.